The fraction of sp³-hybridized carbons (Fsp3) is 0.389. The quantitative estimate of drug-likeness (QED) is 0.823. The first-order valence-electron chi connectivity index (χ1n) is 8.14. The lowest BCUT2D eigenvalue weighted by molar-refractivity contribution is -0.119. The van der Waals surface area contributed by atoms with Gasteiger partial charge in [0, 0.05) is 31.4 Å². The van der Waals surface area contributed by atoms with Crippen LogP contribution in [0.4, 0.5) is 5.69 Å². The van der Waals surface area contributed by atoms with E-state index in [0.29, 0.717) is 24.2 Å². The molecule has 24 heavy (non-hydrogen) atoms. The number of carbonyl (C=O) groups excluding carboxylic acids is 2. The van der Waals surface area contributed by atoms with Crippen LogP contribution in [0.5, 0.6) is 0 Å². The number of benzene rings is 1. The van der Waals surface area contributed by atoms with Gasteiger partial charge in [0.1, 0.15) is 5.71 Å². The number of hydrazone groups is 1. The molecule has 2 amide bonds. The number of anilines is 1. The Morgan fingerprint density at radius 3 is 2.92 bits per heavy atom. The van der Waals surface area contributed by atoms with E-state index >= 15 is 0 Å². The van der Waals surface area contributed by atoms with E-state index in [9.17, 15) is 9.59 Å². The predicted molar refractivity (Wildman–Crippen MR) is 91.6 cm³/mol. The summed E-state index contributed by atoms with van der Waals surface area (Å²) in [5.74, 6) is -0.277. The number of nitrogens with one attached hydrogen (secondary N) is 1. The molecule has 126 valence electrons. The summed E-state index contributed by atoms with van der Waals surface area (Å²) in [7, 11) is 0. The van der Waals surface area contributed by atoms with Crippen LogP contribution < -0.4 is 10.3 Å². The highest BCUT2D eigenvalue weighted by atomic mass is 16.3. The Kier molecular flexibility index (Phi) is 4.76. The average molecular weight is 327 g/mol. The minimum absolute atomic E-state index is 0.0828. The second-order valence-electron chi connectivity index (χ2n) is 6.23. The summed E-state index contributed by atoms with van der Waals surface area (Å²) in [4.78, 5) is 24.6. The van der Waals surface area contributed by atoms with Crippen LogP contribution in [0, 0.1) is 12.8 Å². The highest BCUT2D eigenvalue weighted by Crippen LogP contribution is 2.22. The second-order valence-corrected chi connectivity index (χ2v) is 6.23. The number of carbonyl (C=O) groups is 2. The van der Waals surface area contributed by atoms with Crippen molar-refractivity contribution in [3.8, 4) is 0 Å². The van der Waals surface area contributed by atoms with Crippen LogP contribution in [0.1, 0.15) is 24.8 Å². The summed E-state index contributed by atoms with van der Waals surface area (Å²) in [5, 5.41) is 17.6. The van der Waals surface area contributed by atoms with Gasteiger partial charge in [-0.05, 0) is 31.0 Å². The molecule has 0 spiro atoms. The van der Waals surface area contributed by atoms with E-state index in [4.69, 9.17) is 5.11 Å². The van der Waals surface area contributed by atoms with E-state index in [2.05, 4.69) is 10.4 Å². The molecule has 6 nitrogen and oxygen atoms in total. The summed E-state index contributed by atoms with van der Waals surface area (Å²) >= 11 is 0. The molecule has 3 rings (SSSR count). The van der Waals surface area contributed by atoms with Crippen molar-refractivity contribution < 1.29 is 14.7 Å². The molecule has 1 heterocycles. The van der Waals surface area contributed by atoms with Gasteiger partial charge in [0.05, 0.1) is 5.69 Å². The van der Waals surface area contributed by atoms with Crippen molar-refractivity contribution in [3.63, 3.8) is 0 Å². The van der Waals surface area contributed by atoms with Crippen LogP contribution in [-0.4, -0.2) is 35.3 Å². The Labute approximate surface area is 140 Å². The maximum atomic E-state index is 12.4. The summed E-state index contributed by atoms with van der Waals surface area (Å²) in [6, 6.07) is 7.39. The highest BCUT2D eigenvalue weighted by Gasteiger charge is 2.27. The normalized spacial score (nSPS) is 23.3. The topological polar surface area (TPSA) is 82.0 Å². The monoisotopic (exact) mass is 327 g/mol. The van der Waals surface area contributed by atoms with Crippen molar-refractivity contribution >= 4 is 23.2 Å². The SMILES string of the molecule is Cc1cccc(N2N=C(C(=O)N[C@@H]3C=C[C@H](CO)C3)CCC2=O)c1. The van der Waals surface area contributed by atoms with Gasteiger partial charge in [-0.1, -0.05) is 24.3 Å². The van der Waals surface area contributed by atoms with Crippen LogP contribution in [-0.2, 0) is 9.59 Å². The molecule has 1 aliphatic heterocycles. The lowest BCUT2D eigenvalue weighted by Gasteiger charge is -2.24. The van der Waals surface area contributed by atoms with Crippen molar-refractivity contribution in [2.24, 2.45) is 11.0 Å². The molecule has 0 unspecified atom stereocenters. The molecule has 0 saturated heterocycles. The predicted octanol–water partition coefficient (Wildman–Crippen LogP) is 1.53. The highest BCUT2D eigenvalue weighted by molar-refractivity contribution is 6.40. The van der Waals surface area contributed by atoms with E-state index in [-0.39, 0.29) is 36.8 Å². The number of aliphatic hydroxyl groups excluding tert-OH is 1. The Balaban J connectivity index is 1.73. The van der Waals surface area contributed by atoms with Crippen molar-refractivity contribution in [3.05, 3.63) is 42.0 Å². The third kappa shape index (κ3) is 3.54. The van der Waals surface area contributed by atoms with E-state index in [1.807, 2.05) is 37.3 Å². The van der Waals surface area contributed by atoms with Crippen LogP contribution in [0.15, 0.2) is 41.5 Å². The lowest BCUT2D eigenvalue weighted by atomic mass is 10.1. The van der Waals surface area contributed by atoms with Gasteiger partial charge < -0.3 is 10.4 Å². The van der Waals surface area contributed by atoms with E-state index in [1.165, 1.54) is 5.01 Å². The summed E-state index contributed by atoms with van der Waals surface area (Å²) in [6.45, 7) is 2.03. The minimum Gasteiger partial charge on any atom is -0.396 e. The Hall–Kier alpha value is -2.47. The molecule has 1 aliphatic carbocycles. The zero-order valence-electron chi connectivity index (χ0n) is 13.6. The summed E-state index contributed by atoms with van der Waals surface area (Å²) in [6.07, 6.45) is 5.10. The molecule has 6 heteroatoms. The first kappa shape index (κ1) is 16.4. The molecule has 0 radical (unpaired) electrons. The van der Waals surface area contributed by atoms with Crippen molar-refractivity contribution in [1.82, 2.24) is 5.32 Å². The van der Waals surface area contributed by atoms with Gasteiger partial charge in [-0.25, -0.2) is 5.01 Å². The molecule has 0 aromatic heterocycles. The number of hydrogen-bond acceptors (Lipinski definition) is 4. The van der Waals surface area contributed by atoms with E-state index in [1.54, 1.807) is 6.07 Å². The molecule has 2 atom stereocenters. The number of rotatable bonds is 4. The fourth-order valence-electron chi connectivity index (χ4n) is 2.95. The number of aliphatic hydroxyl groups is 1. The fourth-order valence-corrected chi connectivity index (χ4v) is 2.95. The van der Waals surface area contributed by atoms with Gasteiger partial charge in [0.25, 0.3) is 5.91 Å². The molecule has 0 fully saturated rings. The van der Waals surface area contributed by atoms with Crippen molar-refractivity contribution in [2.45, 2.75) is 32.2 Å². The van der Waals surface area contributed by atoms with Gasteiger partial charge in [-0.15, -0.1) is 0 Å². The number of nitrogens with zero attached hydrogens (tertiary/aromatic N) is 2. The van der Waals surface area contributed by atoms with Crippen LogP contribution in [0.25, 0.3) is 0 Å². The average Bonchev–Trinajstić information content (AvgIpc) is 3.02. The van der Waals surface area contributed by atoms with Gasteiger partial charge in [0.2, 0.25) is 5.91 Å². The number of amides is 2. The molecular formula is C18H21N3O3. The van der Waals surface area contributed by atoms with Crippen LogP contribution in [0.3, 0.4) is 0 Å². The molecule has 2 aliphatic rings. The van der Waals surface area contributed by atoms with Crippen molar-refractivity contribution in [1.29, 1.82) is 0 Å². The third-order valence-corrected chi connectivity index (χ3v) is 4.26. The Morgan fingerprint density at radius 2 is 2.21 bits per heavy atom. The number of hydrogen-bond donors (Lipinski definition) is 2. The molecule has 0 saturated carbocycles. The van der Waals surface area contributed by atoms with Gasteiger partial charge >= 0.3 is 0 Å². The molecule has 1 aromatic rings. The van der Waals surface area contributed by atoms with Crippen LogP contribution in [0.2, 0.25) is 0 Å². The molecular weight excluding hydrogens is 306 g/mol. The van der Waals surface area contributed by atoms with Gasteiger partial charge in [-0.3, -0.25) is 9.59 Å². The third-order valence-electron chi connectivity index (χ3n) is 4.26. The van der Waals surface area contributed by atoms with Crippen molar-refractivity contribution in [2.75, 3.05) is 11.6 Å². The Bertz CT molecular complexity index is 711. The standard InChI is InChI=1S/C18H21N3O3/c1-12-3-2-4-15(9-12)21-17(23)8-7-16(20-21)18(24)19-14-6-5-13(10-14)11-22/h2-6,9,13-14,22H,7-8,10-11H2,1H3,(H,19,24)/t13-,14+/m0/s1. The smallest absolute Gasteiger partial charge is 0.267 e. The maximum Gasteiger partial charge on any atom is 0.267 e. The summed E-state index contributed by atoms with van der Waals surface area (Å²) < 4.78 is 0. The van der Waals surface area contributed by atoms with E-state index < -0.39 is 0 Å². The first-order valence-corrected chi connectivity index (χ1v) is 8.14. The zero-order chi connectivity index (χ0) is 17.1. The van der Waals surface area contributed by atoms with Gasteiger partial charge in [0.15, 0.2) is 0 Å². The largest absolute Gasteiger partial charge is 0.396 e. The maximum absolute atomic E-state index is 12.4. The summed E-state index contributed by atoms with van der Waals surface area (Å²) in [5.41, 5.74) is 2.06. The zero-order valence-corrected chi connectivity index (χ0v) is 13.6. The van der Waals surface area contributed by atoms with E-state index in [0.717, 1.165) is 5.56 Å². The molecule has 0 bridgehead atoms. The molecule has 2 N–H and O–H groups in total. The van der Waals surface area contributed by atoms with Gasteiger partial charge in [-0.2, -0.15) is 5.10 Å². The number of aryl methyl sites for hydroxylation is 1. The second kappa shape index (κ2) is 6.97. The minimum atomic E-state index is -0.256. The molecule has 1 aromatic carbocycles. The first-order chi connectivity index (χ1) is 11.6. The Morgan fingerprint density at radius 1 is 1.38 bits per heavy atom. The lowest BCUT2D eigenvalue weighted by Crippen LogP contribution is -2.42. The van der Waals surface area contributed by atoms with Crippen LogP contribution >= 0.6 is 0 Å².